The van der Waals surface area contributed by atoms with Crippen LogP contribution in [0.1, 0.15) is 72.6 Å². The van der Waals surface area contributed by atoms with E-state index in [-0.39, 0.29) is 47.7 Å². The van der Waals surface area contributed by atoms with Crippen molar-refractivity contribution in [3.8, 4) is 0 Å². The minimum Gasteiger partial charge on any atom is -0.462 e. The van der Waals surface area contributed by atoms with E-state index in [0.29, 0.717) is 17.8 Å². The molecule has 6 heteroatoms. The summed E-state index contributed by atoms with van der Waals surface area (Å²) in [7, 11) is 0. The number of allylic oxidation sites excluding steroid dienone is 1. The molecule has 3 saturated carbocycles. The first kappa shape index (κ1) is 21.4. The molecule has 6 nitrogen and oxygen atoms in total. The second-order valence-electron chi connectivity index (χ2n) is 11.0. The van der Waals surface area contributed by atoms with E-state index in [1.165, 1.54) is 19.4 Å². The van der Waals surface area contributed by atoms with E-state index in [1.807, 2.05) is 6.92 Å². The summed E-state index contributed by atoms with van der Waals surface area (Å²) >= 11 is 0. The van der Waals surface area contributed by atoms with Crippen molar-refractivity contribution in [1.82, 2.24) is 0 Å². The first-order valence-corrected chi connectivity index (χ1v) is 12.0. The summed E-state index contributed by atoms with van der Waals surface area (Å²) in [5.41, 5.74) is 0.750. The van der Waals surface area contributed by atoms with Crippen molar-refractivity contribution in [2.45, 2.75) is 96.6 Å². The Bertz CT molecular complexity index is 821. The molecule has 0 aromatic heterocycles. The van der Waals surface area contributed by atoms with Crippen LogP contribution in [0, 0.1) is 28.6 Å². The van der Waals surface area contributed by atoms with E-state index in [4.69, 9.17) is 14.2 Å². The number of ether oxygens (including phenoxy) is 3. The molecule has 1 aliphatic heterocycles. The molecule has 4 aliphatic carbocycles. The fourth-order valence-corrected chi connectivity index (χ4v) is 8.58. The molecule has 0 aromatic carbocycles. The SMILES string of the molecule is CC(=O)OC(C)[C@@]12O[C@@H]1CC1[C@@H]3CC=C4C[C@@H](OC(C)=O)CC[C@]4(C)[C@H]3CC[C@@]12CO. The van der Waals surface area contributed by atoms with Gasteiger partial charge in [-0.15, -0.1) is 0 Å². The van der Waals surface area contributed by atoms with Crippen LogP contribution in [0.5, 0.6) is 0 Å². The van der Waals surface area contributed by atoms with Crippen molar-refractivity contribution in [1.29, 1.82) is 0 Å². The molecule has 4 fully saturated rings. The minimum absolute atomic E-state index is 0.00821. The van der Waals surface area contributed by atoms with Crippen molar-refractivity contribution in [3.63, 3.8) is 0 Å². The van der Waals surface area contributed by atoms with E-state index in [2.05, 4.69) is 13.0 Å². The molecule has 0 radical (unpaired) electrons. The van der Waals surface area contributed by atoms with Gasteiger partial charge in [0.15, 0.2) is 0 Å². The Hall–Kier alpha value is -1.40. The highest BCUT2D eigenvalue weighted by atomic mass is 16.7. The number of esters is 2. The van der Waals surface area contributed by atoms with E-state index >= 15 is 0 Å². The fourth-order valence-electron chi connectivity index (χ4n) is 8.58. The first-order chi connectivity index (χ1) is 14.7. The third-order valence-electron chi connectivity index (χ3n) is 9.83. The lowest BCUT2D eigenvalue weighted by Gasteiger charge is -2.59. The predicted octanol–water partition coefficient (Wildman–Crippen LogP) is 3.55. The van der Waals surface area contributed by atoms with Crippen LogP contribution in [0.2, 0.25) is 0 Å². The van der Waals surface area contributed by atoms with Crippen LogP contribution in [0.15, 0.2) is 11.6 Å². The smallest absolute Gasteiger partial charge is 0.302 e. The van der Waals surface area contributed by atoms with Crippen LogP contribution in [-0.4, -0.2) is 47.6 Å². The number of epoxide rings is 1. The maximum Gasteiger partial charge on any atom is 0.302 e. The summed E-state index contributed by atoms with van der Waals surface area (Å²) in [6.45, 7) is 7.37. The Morgan fingerprint density at radius 3 is 2.68 bits per heavy atom. The van der Waals surface area contributed by atoms with Crippen LogP contribution in [0.3, 0.4) is 0 Å². The Kier molecular flexibility index (Phi) is 4.88. The molecule has 1 saturated heterocycles. The molecule has 5 rings (SSSR count). The largest absolute Gasteiger partial charge is 0.462 e. The normalized spacial score (nSPS) is 48.3. The average Bonchev–Trinajstić information content (AvgIpc) is 3.37. The second kappa shape index (κ2) is 7.05. The number of rotatable bonds is 4. The number of aliphatic hydroxyl groups is 1. The molecular weight excluding hydrogens is 396 g/mol. The standard InChI is InChI=1S/C25H36O6/c1-14(29-15(2)27)25-22(31-25)12-21-19-6-5-17-11-18(30-16(3)28)7-9-23(17,4)20(19)8-10-24(21,25)13-26/h5,14,18-22,26H,6-13H2,1-4H3/t14?,18-,19+,20-,21?,22+,23-,24+,25+/m0/s1. The van der Waals surface area contributed by atoms with Crippen LogP contribution in [-0.2, 0) is 23.8 Å². The van der Waals surface area contributed by atoms with Gasteiger partial charge in [0.05, 0.1) is 12.7 Å². The molecule has 0 spiro atoms. The molecule has 0 aromatic rings. The molecular formula is C25H36O6. The van der Waals surface area contributed by atoms with E-state index in [0.717, 1.165) is 44.9 Å². The van der Waals surface area contributed by atoms with Gasteiger partial charge in [-0.1, -0.05) is 18.6 Å². The molecule has 9 atom stereocenters. The van der Waals surface area contributed by atoms with Gasteiger partial charge < -0.3 is 19.3 Å². The molecule has 1 heterocycles. The number of carbonyl (C=O) groups is 2. The van der Waals surface area contributed by atoms with Crippen molar-refractivity contribution < 1.29 is 28.9 Å². The van der Waals surface area contributed by atoms with Crippen molar-refractivity contribution >= 4 is 11.9 Å². The Balaban J connectivity index is 1.42. The monoisotopic (exact) mass is 432 g/mol. The van der Waals surface area contributed by atoms with Gasteiger partial charge in [0, 0.05) is 25.7 Å². The molecule has 172 valence electrons. The van der Waals surface area contributed by atoms with Gasteiger partial charge in [-0.2, -0.15) is 0 Å². The number of fused-ring (bicyclic) bond motifs is 7. The number of carbonyl (C=O) groups excluding carboxylic acids is 2. The zero-order chi connectivity index (χ0) is 22.2. The van der Waals surface area contributed by atoms with Gasteiger partial charge in [0.25, 0.3) is 0 Å². The topological polar surface area (TPSA) is 85.4 Å². The molecule has 1 N–H and O–H groups in total. The third kappa shape index (κ3) is 2.83. The zero-order valence-electron chi connectivity index (χ0n) is 19.2. The predicted molar refractivity (Wildman–Crippen MR) is 113 cm³/mol. The average molecular weight is 433 g/mol. The number of aliphatic hydroxyl groups excluding tert-OH is 1. The van der Waals surface area contributed by atoms with E-state index in [9.17, 15) is 14.7 Å². The van der Waals surface area contributed by atoms with Crippen LogP contribution in [0.4, 0.5) is 0 Å². The first-order valence-electron chi connectivity index (χ1n) is 12.0. The highest BCUT2D eigenvalue weighted by Gasteiger charge is 2.81. The van der Waals surface area contributed by atoms with Crippen molar-refractivity contribution in [2.75, 3.05) is 6.61 Å². The van der Waals surface area contributed by atoms with Gasteiger partial charge in [-0.25, -0.2) is 0 Å². The highest BCUT2D eigenvalue weighted by Crippen LogP contribution is 2.74. The summed E-state index contributed by atoms with van der Waals surface area (Å²) in [5.74, 6) is 0.995. The minimum atomic E-state index is -0.527. The van der Waals surface area contributed by atoms with Gasteiger partial charge in [0.1, 0.15) is 17.8 Å². The summed E-state index contributed by atoms with van der Waals surface area (Å²) in [5, 5.41) is 10.7. The molecule has 2 unspecified atom stereocenters. The van der Waals surface area contributed by atoms with Crippen LogP contribution < -0.4 is 0 Å². The van der Waals surface area contributed by atoms with Gasteiger partial charge >= 0.3 is 11.9 Å². The summed E-state index contributed by atoms with van der Waals surface area (Å²) in [6, 6.07) is 0. The zero-order valence-corrected chi connectivity index (χ0v) is 19.2. The number of hydrogen-bond acceptors (Lipinski definition) is 6. The van der Waals surface area contributed by atoms with E-state index in [1.54, 1.807) is 0 Å². The fraction of sp³-hybridized carbons (Fsp3) is 0.840. The molecule has 0 bridgehead atoms. The quantitative estimate of drug-likeness (QED) is 0.415. The number of hydrogen-bond donors (Lipinski definition) is 1. The van der Waals surface area contributed by atoms with Gasteiger partial charge in [0.2, 0.25) is 0 Å². The molecule has 31 heavy (non-hydrogen) atoms. The Morgan fingerprint density at radius 2 is 2.00 bits per heavy atom. The Morgan fingerprint density at radius 1 is 1.23 bits per heavy atom. The molecule has 5 aliphatic rings. The second-order valence-corrected chi connectivity index (χ2v) is 11.0. The van der Waals surface area contributed by atoms with Crippen LogP contribution >= 0.6 is 0 Å². The Labute approximate surface area is 184 Å². The third-order valence-corrected chi connectivity index (χ3v) is 9.83. The maximum absolute atomic E-state index is 11.7. The summed E-state index contributed by atoms with van der Waals surface area (Å²) in [6.07, 6.45) is 8.91. The maximum atomic E-state index is 11.7. The van der Waals surface area contributed by atoms with Crippen molar-refractivity contribution in [2.24, 2.45) is 28.6 Å². The summed E-state index contributed by atoms with van der Waals surface area (Å²) < 4.78 is 17.4. The molecule has 0 amide bonds. The lowest BCUT2D eigenvalue weighted by molar-refractivity contribution is -0.166. The summed E-state index contributed by atoms with van der Waals surface area (Å²) in [4.78, 5) is 23.1. The highest BCUT2D eigenvalue weighted by molar-refractivity contribution is 5.66. The van der Waals surface area contributed by atoms with Gasteiger partial charge in [-0.3, -0.25) is 9.59 Å². The lowest BCUT2D eigenvalue weighted by atomic mass is 9.46. The van der Waals surface area contributed by atoms with Crippen molar-refractivity contribution in [3.05, 3.63) is 11.6 Å². The van der Waals surface area contributed by atoms with E-state index < -0.39 is 5.60 Å². The van der Waals surface area contributed by atoms with Gasteiger partial charge in [-0.05, 0) is 68.6 Å². The lowest BCUT2D eigenvalue weighted by Crippen LogP contribution is -2.58. The van der Waals surface area contributed by atoms with Crippen LogP contribution in [0.25, 0.3) is 0 Å².